The van der Waals surface area contributed by atoms with E-state index in [2.05, 4.69) is 40.2 Å². The van der Waals surface area contributed by atoms with E-state index in [1.165, 1.54) is 17.7 Å². The van der Waals surface area contributed by atoms with Gasteiger partial charge in [0.2, 0.25) is 0 Å². The highest BCUT2D eigenvalue weighted by Gasteiger charge is 2.05. The second-order valence-electron chi connectivity index (χ2n) is 3.51. The van der Waals surface area contributed by atoms with Gasteiger partial charge < -0.3 is 16.0 Å². The van der Waals surface area contributed by atoms with E-state index in [1.54, 1.807) is 0 Å². The molecule has 76 valence electrons. The molecule has 1 saturated heterocycles. The maximum absolute atomic E-state index is 3.30. The first-order valence-corrected chi connectivity index (χ1v) is 5.20. The molecule has 3 N–H and O–H groups in total. The van der Waals surface area contributed by atoms with E-state index in [0.717, 1.165) is 26.3 Å². The van der Waals surface area contributed by atoms with Crippen LogP contribution in [-0.2, 0) is 6.42 Å². The van der Waals surface area contributed by atoms with Crippen LogP contribution in [0.2, 0.25) is 0 Å². The molecule has 0 radical (unpaired) electrons. The van der Waals surface area contributed by atoms with E-state index >= 15 is 0 Å². The third-order valence-corrected chi connectivity index (χ3v) is 2.46. The lowest BCUT2D eigenvalue weighted by molar-refractivity contribution is 0.807. The zero-order valence-corrected chi connectivity index (χ0v) is 8.34. The average Bonchev–Trinajstić information content (AvgIpc) is 2.92. The van der Waals surface area contributed by atoms with Crippen molar-refractivity contribution in [2.75, 3.05) is 31.6 Å². The summed E-state index contributed by atoms with van der Waals surface area (Å²) in [6.07, 6.45) is 1.19. The number of fused-ring (bicyclic) bond motifs is 1. The summed E-state index contributed by atoms with van der Waals surface area (Å²) in [5.74, 6) is 0. The predicted molar refractivity (Wildman–Crippen MR) is 59.5 cm³/mol. The lowest BCUT2D eigenvalue weighted by Crippen LogP contribution is -2.11. The fourth-order valence-corrected chi connectivity index (χ4v) is 1.68. The maximum atomic E-state index is 3.30. The van der Waals surface area contributed by atoms with Crippen molar-refractivity contribution in [2.45, 2.75) is 6.42 Å². The molecule has 3 heteroatoms. The minimum absolute atomic E-state index is 1.00. The molecular formula is C11H17N3. The first-order valence-electron chi connectivity index (χ1n) is 5.20. The van der Waals surface area contributed by atoms with Gasteiger partial charge in [-0.15, -0.1) is 0 Å². The molecule has 0 aliphatic carbocycles. The van der Waals surface area contributed by atoms with Crippen LogP contribution in [0, 0.1) is 0 Å². The molecule has 3 rings (SSSR count). The van der Waals surface area contributed by atoms with Gasteiger partial charge in [-0.25, -0.2) is 0 Å². The first kappa shape index (κ1) is 9.49. The summed E-state index contributed by atoms with van der Waals surface area (Å²) in [7, 11) is 0. The van der Waals surface area contributed by atoms with Crippen LogP contribution < -0.4 is 16.0 Å². The van der Waals surface area contributed by atoms with E-state index in [-0.39, 0.29) is 0 Å². The molecule has 0 atom stereocenters. The third-order valence-electron chi connectivity index (χ3n) is 2.46. The topological polar surface area (TPSA) is 36.1 Å². The minimum Gasteiger partial charge on any atom is -0.384 e. The first-order chi connectivity index (χ1) is 6.97. The lowest BCUT2D eigenvalue weighted by Gasteiger charge is -1.94. The summed E-state index contributed by atoms with van der Waals surface area (Å²) >= 11 is 0. The number of hydrogen-bond donors (Lipinski definition) is 3. The summed E-state index contributed by atoms with van der Waals surface area (Å²) < 4.78 is 0. The molecule has 0 amide bonds. The van der Waals surface area contributed by atoms with Gasteiger partial charge in [0.15, 0.2) is 0 Å². The molecule has 2 aliphatic heterocycles. The molecule has 3 nitrogen and oxygen atoms in total. The van der Waals surface area contributed by atoms with E-state index in [4.69, 9.17) is 0 Å². The van der Waals surface area contributed by atoms with Crippen molar-refractivity contribution in [3.8, 4) is 0 Å². The number of benzene rings is 1. The molecule has 1 aromatic carbocycles. The van der Waals surface area contributed by atoms with Gasteiger partial charge in [-0.3, -0.25) is 0 Å². The zero-order chi connectivity index (χ0) is 9.64. The number of hydrogen-bond acceptors (Lipinski definition) is 3. The Hall–Kier alpha value is -1.06. The summed E-state index contributed by atoms with van der Waals surface area (Å²) in [4.78, 5) is 0. The van der Waals surface area contributed by atoms with Crippen LogP contribution >= 0.6 is 0 Å². The third kappa shape index (κ3) is 2.47. The second-order valence-corrected chi connectivity index (χ2v) is 3.51. The van der Waals surface area contributed by atoms with Gasteiger partial charge in [0, 0.05) is 32.0 Å². The molecule has 1 aromatic rings. The van der Waals surface area contributed by atoms with Crippen molar-refractivity contribution in [1.82, 2.24) is 10.6 Å². The highest BCUT2D eigenvalue weighted by Crippen LogP contribution is 2.19. The summed E-state index contributed by atoms with van der Waals surface area (Å²) in [5.41, 5.74) is 2.77. The highest BCUT2D eigenvalue weighted by molar-refractivity contribution is 5.54. The van der Waals surface area contributed by atoms with Gasteiger partial charge in [-0.2, -0.15) is 0 Å². The van der Waals surface area contributed by atoms with E-state index in [0.29, 0.717) is 0 Å². The smallest absolute Gasteiger partial charge is 0.0455 e. The fourth-order valence-electron chi connectivity index (χ4n) is 1.68. The van der Waals surface area contributed by atoms with Crippen molar-refractivity contribution in [3.63, 3.8) is 0 Å². The van der Waals surface area contributed by atoms with Crippen LogP contribution in [0.3, 0.4) is 0 Å². The molecule has 14 heavy (non-hydrogen) atoms. The number of anilines is 1. The fraction of sp³-hybridized carbons (Fsp3) is 0.455. The molecule has 1 fully saturated rings. The summed E-state index contributed by atoms with van der Waals surface area (Å²) in [5, 5.41) is 9.52. The zero-order valence-electron chi connectivity index (χ0n) is 8.34. The molecule has 2 aliphatic rings. The molecule has 0 aromatic heterocycles. The van der Waals surface area contributed by atoms with E-state index in [9.17, 15) is 0 Å². The largest absolute Gasteiger partial charge is 0.384 e. The molecular weight excluding hydrogens is 174 g/mol. The quantitative estimate of drug-likeness (QED) is 0.567. The standard InChI is InChI=1S/C8H9N.C3H8N2/c1-2-4-8-7(3-1)5-6-9-8;1-2-5-3-4-1/h1-4,9H,5-6H2;4-5H,1-3H2. The van der Waals surface area contributed by atoms with Crippen molar-refractivity contribution in [3.05, 3.63) is 29.8 Å². The van der Waals surface area contributed by atoms with Crippen LogP contribution in [0.15, 0.2) is 24.3 Å². The average molecular weight is 191 g/mol. The summed E-state index contributed by atoms with van der Waals surface area (Å²) in [6.45, 7) is 4.39. The Morgan fingerprint density at radius 3 is 2.36 bits per heavy atom. The highest BCUT2D eigenvalue weighted by atomic mass is 15.1. The van der Waals surface area contributed by atoms with E-state index < -0.39 is 0 Å². The molecule has 0 bridgehead atoms. The van der Waals surface area contributed by atoms with Crippen molar-refractivity contribution < 1.29 is 0 Å². The van der Waals surface area contributed by atoms with Gasteiger partial charge >= 0.3 is 0 Å². The second kappa shape index (κ2) is 4.98. The molecule has 0 unspecified atom stereocenters. The monoisotopic (exact) mass is 191 g/mol. The SMILES string of the molecule is C1CNCN1.c1ccc2c(c1)CCN2. The lowest BCUT2D eigenvalue weighted by atomic mass is 10.2. The van der Waals surface area contributed by atoms with Gasteiger partial charge in [-0.1, -0.05) is 18.2 Å². The Bertz CT molecular complexity index is 251. The Kier molecular flexibility index (Phi) is 3.38. The number of nitrogens with one attached hydrogen (secondary N) is 3. The molecule has 0 spiro atoms. The van der Waals surface area contributed by atoms with Gasteiger partial charge in [0.05, 0.1) is 0 Å². The Morgan fingerprint density at radius 1 is 0.929 bits per heavy atom. The Morgan fingerprint density at radius 2 is 1.71 bits per heavy atom. The van der Waals surface area contributed by atoms with E-state index in [1.807, 2.05) is 0 Å². The Labute approximate surface area is 84.9 Å². The van der Waals surface area contributed by atoms with Crippen LogP contribution in [-0.4, -0.2) is 26.3 Å². The Balaban J connectivity index is 0.000000128. The van der Waals surface area contributed by atoms with Crippen molar-refractivity contribution in [1.29, 1.82) is 0 Å². The van der Waals surface area contributed by atoms with Crippen LogP contribution in [0.5, 0.6) is 0 Å². The number of para-hydroxylation sites is 1. The van der Waals surface area contributed by atoms with Gasteiger partial charge in [0.1, 0.15) is 0 Å². The molecule has 2 heterocycles. The predicted octanol–water partition coefficient (Wildman–Crippen LogP) is 0.791. The van der Waals surface area contributed by atoms with Crippen LogP contribution in [0.1, 0.15) is 5.56 Å². The molecule has 0 saturated carbocycles. The summed E-state index contributed by atoms with van der Waals surface area (Å²) in [6, 6.07) is 8.46. The number of rotatable bonds is 0. The van der Waals surface area contributed by atoms with Crippen molar-refractivity contribution in [2.24, 2.45) is 0 Å². The maximum Gasteiger partial charge on any atom is 0.0455 e. The van der Waals surface area contributed by atoms with Gasteiger partial charge in [0.25, 0.3) is 0 Å². The minimum atomic E-state index is 1.00. The van der Waals surface area contributed by atoms with Crippen molar-refractivity contribution >= 4 is 5.69 Å². The van der Waals surface area contributed by atoms with Gasteiger partial charge in [-0.05, 0) is 18.1 Å². The van der Waals surface area contributed by atoms with Crippen LogP contribution in [0.4, 0.5) is 5.69 Å². The normalized spacial score (nSPS) is 18.0. The van der Waals surface area contributed by atoms with Crippen LogP contribution in [0.25, 0.3) is 0 Å².